The monoisotopic (exact) mass is 603 g/mol. The van der Waals surface area contributed by atoms with E-state index in [0.29, 0.717) is 27.3 Å². The van der Waals surface area contributed by atoms with E-state index in [4.69, 9.17) is 11.6 Å². The van der Waals surface area contributed by atoms with E-state index in [-0.39, 0.29) is 23.8 Å². The molecule has 8 nitrogen and oxygen atoms in total. The van der Waals surface area contributed by atoms with E-state index in [2.05, 4.69) is 21.2 Å². The van der Waals surface area contributed by atoms with Crippen molar-refractivity contribution in [2.24, 2.45) is 0 Å². The molecule has 37 heavy (non-hydrogen) atoms. The van der Waals surface area contributed by atoms with E-state index in [9.17, 15) is 22.8 Å². The fraction of sp³-hybridized carbons (Fsp3) is 0.192. The molecule has 0 aromatic heterocycles. The van der Waals surface area contributed by atoms with Gasteiger partial charge in [-0.3, -0.25) is 14.4 Å². The predicted molar refractivity (Wildman–Crippen MR) is 145 cm³/mol. The zero-order chi connectivity index (χ0) is 26.7. The number of carbonyl (C=O) groups excluding carboxylic acids is 3. The molecule has 0 spiro atoms. The Labute approximate surface area is 228 Å². The second kappa shape index (κ2) is 11.1. The van der Waals surface area contributed by atoms with Crippen LogP contribution >= 0.6 is 27.5 Å². The number of carbonyl (C=O) groups is 3. The third-order valence-corrected chi connectivity index (χ3v) is 8.53. The van der Waals surface area contributed by atoms with Gasteiger partial charge < -0.3 is 5.32 Å². The SMILES string of the molecule is CC(=O)Nc1ccc(N2C(=O)CC(N(CCc3cccc(Cl)c3)S(=O)(=O)c3ccc(Br)cc3)C2=O)cc1. The van der Waals surface area contributed by atoms with Gasteiger partial charge in [0, 0.05) is 28.7 Å². The minimum Gasteiger partial charge on any atom is -0.326 e. The summed E-state index contributed by atoms with van der Waals surface area (Å²) >= 11 is 9.39. The Hall–Kier alpha value is -3.05. The number of amides is 3. The first-order valence-electron chi connectivity index (χ1n) is 11.3. The first kappa shape index (κ1) is 27.0. The predicted octanol–water partition coefficient (Wildman–Crippen LogP) is 4.63. The van der Waals surface area contributed by atoms with Crippen LogP contribution in [0.25, 0.3) is 0 Å². The van der Waals surface area contributed by atoms with Gasteiger partial charge >= 0.3 is 0 Å². The molecule has 1 heterocycles. The molecule has 0 bridgehead atoms. The number of hydrogen-bond donors (Lipinski definition) is 1. The van der Waals surface area contributed by atoms with Crippen LogP contribution in [0.15, 0.2) is 82.2 Å². The van der Waals surface area contributed by atoms with Crippen molar-refractivity contribution >= 4 is 66.7 Å². The number of benzene rings is 3. The maximum atomic E-state index is 13.7. The molecule has 1 aliphatic rings. The van der Waals surface area contributed by atoms with Crippen molar-refractivity contribution in [1.29, 1.82) is 0 Å². The van der Waals surface area contributed by atoms with Crippen molar-refractivity contribution < 1.29 is 22.8 Å². The Bertz CT molecular complexity index is 1450. The smallest absolute Gasteiger partial charge is 0.252 e. The molecule has 1 fully saturated rings. The van der Waals surface area contributed by atoms with Gasteiger partial charge in [0.05, 0.1) is 17.0 Å². The number of imide groups is 1. The Morgan fingerprint density at radius 3 is 2.38 bits per heavy atom. The molecule has 0 saturated carbocycles. The van der Waals surface area contributed by atoms with Crippen molar-refractivity contribution in [3.8, 4) is 0 Å². The van der Waals surface area contributed by atoms with Crippen LogP contribution in [0.1, 0.15) is 18.9 Å². The second-order valence-corrected chi connectivity index (χ2v) is 11.7. The van der Waals surface area contributed by atoms with Crippen molar-refractivity contribution in [1.82, 2.24) is 4.31 Å². The van der Waals surface area contributed by atoms with Crippen molar-refractivity contribution in [2.45, 2.75) is 30.7 Å². The van der Waals surface area contributed by atoms with E-state index in [1.54, 1.807) is 42.5 Å². The topological polar surface area (TPSA) is 104 Å². The van der Waals surface area contributed by atoms with Gasteiger partial charge in [0.15, 0.2) is 0 Å². The van der Waals surface area contributed by atoms with Gasteiger partial charge in [0.2, 0.25) is 21.8 Å². The summed E-state index contributed by atoms with van der Waals surface area (Å²) in [6.07, 6.45) is -0.00269. The van der Waals surface area contributed by atoms with E-state index in [1.165, 1.54) is 31.2 Å². The summed E-state index contributed by atoms with van der Waals surface area (Å²) < 4.78 is 29.3. The minimum absolute atomic E-state index is 0.0140. The summed E-state index contributed by atoms with van der Waals surface area (Å²) in [5, 5.41) is 3.14. The Balaban J connectivity index is 1.66. The standard InChI is InChI=1S/C26H23BrClN3O5S/c1-17(32)29-21-7-9-22(10-8-21)31-25(33)16-24(26(31)34)30(14-13-18-3-2-4-20(28)15-18)37(35,36)23-11-5-19(27)6-12-23/h2-12,15,24H,13-14,16H2,1H3,(H,29,32). The van der Waals surface area contributed by atoms with Crippen LogP contribution in [0, 0.1) is 0 Å². The van der Waals surface area contributed by atoms with Crippen molar-refractivity contribution in [3.05, 3.63) is 87.9 Å². The summed E-state index contributed by atoms with van der Waals surface area (Å²) in [6.45, 7) is 1.34. The van der Waals surface area contributed by atoms with Gasteiger partial charge in [0.1, 0.15) is 6.04 Å². The van der Waals surface area contributed by atoms with E-state index < -0.39 is 27.9 Å². The number of sulfonamides is 1. The zero-order valence-electron chi connectivity index (χ0n) is 19.7. The largest absolute Gasteiger partial charge is 0.326 e. The highest BCUT2D eigenvalue weighted by Gasteiger charge is 2.46. The average Bonchev–Trinajstić information content (AvgIpc) is 3.13. The van der Waals surface area contributed by atoms with E-state index >= 15 is 0 Å². The number of rotatable bonds is 8. The van der Waals surface area contributed by atoms with Gasteiger partial charge in [-0.1, -0.05) is 39.7 Å². The summed E-state index contributed by atoms with van der Waals surface area (Å²) in [7, 11) is -4.13. The number of nitrogens with zero attached hydrogens (tertiary/aromatic N) is 2. The molecule has 3 aromatic carbocycles. The maximum Gasteiger partial charge on any atom is 0.252 e. The lowest BCUT2D eigenvalue weighted by Gasteiger charge is -2.27. The Morgan fingerprint density at radius 2 is 1.76 bits per heavy atom. The highest BCUT2D eigenvalue weighted by molar-refractivity contribution is 9.10. The Kier molecular flexibility index (Phi) is 8.13. The van der Waals surface area contributed by atoms with Crippen LogP contribution in [0.5, 0.6) is 0 Å². The minimum atomic E-state index is -4.13. The van der Waals surface area contributed by atoms with E-state index in [1.807, 2.05) is 6.07 Å². The van der Waals surface area contributed by atoms with Gasteiger partial charge in [0.25, 0.3) is 5.91 Å². The van der Waals surface area contributed by atoms with Crippen LogP contribution in [0.2, 0.25) is 5.02 Å². The average molecular weight is 605 g/mol. The molecule has 0 radical (unpaired) electrons. The molecular formula is C26H23BrClN3O5S. The Morgan fingerprint density at radius 1 is 1.08 bits per heavy atom. The fourth-order valence-electron chi connectivity index (χ4n) is 4.13. The van der Waals surface area contributed by atoms with Gasteiger partial charge in [-0.05, 0) is 72.6 Å². The summed E-state index contributed by atoms with van der Waals surface area (Å²) in [4.78, 5) is 38.8. The lowest BCUT2D eigenvalue weighted by molar-refractivity contribution is -0.122. The molecular weight excluding hydrogens is 582 g/mol. The van der Waals surface area contributed by atoms with Crippen molar-refractivity contribution in [3.63, 3.8) is 0 Å². The normalized spacial score (nSPS) is 15.9. The molecule has 1 N–H and O–H groups in total. The van der Waals surface area contributed by atoms with Crippen LogP contribution in [-0.4, -0.2) is 43.0 Å². The molecule has 3 amide bonds. The van der Waals surface area contributed by atoms with Crippen LogP contribution in [0.4, 0.5) is 11.4 Å². The molecule has 1 atom stereocenters. The molecule has 3 aromatic rings. The number of halogens is 2. The van der Waals surface area contributed by atoms with Crippen LogP contribution in [0.3, 0.4) is 0 Å². The van der Waals surface area contributed by atoms with E-state index in [0.717, 1.165) is 14.8 Å². The quantitative estimate of drug-likeness (QED) is 0.378. The zero-order valence-corrected chi connectivity index (χ0v) is 22.9. The first-order valence-corrected chi connectivity index (χ1v) is 13.9. The lowest BCUT2D eigenvalue weighted by atomic mass is 10.1. The summed E-state index contributed by atoms with van der Waals surface area (Å²) in [6, 6.07) is 18.1. The third-order valence-electron chi connectivity index (χ3n) is 5.85. The molecule has 1 unspecified atom stereocenters. The summed E-state index contributed by atoms with van der Waals surface area (Å²) in [5.41, 5.74) is 1.60. The maximum absolute atomic E-state index is 13.7. The highest BCUT2D eigenvalue weighted by atomic mass is 79.9. The number of anilines is 2. The molecule has 11 heteroatoms. The molecule has 4 rings (SSSR count). The molecule has 1 saturated heterocycles. The molecule has 0 aliphatic carbocycles. The number of nitrogens with one attached hydrogen (secondary N) is 1. The van der Waals surface area contributed by atoms with Gasteiger partial charge in [-0.15, -0.1) is 0 Å². The molecule has 1 aliphatic heterocycles. The lowest BCUT2D eigenvalue weighted by Crippen LogP contribution is -2.46. The molecule has 192 valence electrons. The number of hydrogen-bond acceptors (Lipinski definition) is 5. The third kappa shape index (κ3) is 6.10. The van der Waals surface area contributed by atoms with Crippen molar-refractivity contribution in [2.75, 3.05) is 16.8 Å². The van der Waals surface area contributed by atoms with Gasteiger partial charge in [-0.2, -0.15) is 4.31 Å². The van der Waals surface area contributed by atoms with Crippen LogP contribution in [-0.2, 0) is 30.8 Å². The van der Waals surface area contributed by atoms with Crippen LogP contribution < -0.4 is 10.2 Å². The fourth-order valence-corrected chi connectivity index (χ4v) is 6.19. The highest BCUT2D eigenvalue weighted by Crippen LogP contribution is 2.31. The first-order chi connectivity index (χ1) is 17.6. The summed E-state index contributed by atoms with van der Waals surface area (Å²) in [5.74, 6) is -1.40. The second-order valence-electron chi connectivity index (χ2n) is 8.46. The van der Waals surface area contributed by atoms with Gasteiger partial charge in [-0.25, -0.2) is 13.3 Å².